The van der Waals surface area contributed by atoms with Gasteiger partial charge in [-0.15, -0.1) is 0 Å². The van der Waals surface area contributed by atoms with E-state index in [1.165, 1.54) is 37.7 Å². The number of benzene rings is 2. The number of nitrogens with one attached hydrogen (secondary N) is 4. The number of carbonyl (C=O) groups excluding carboxylic acids is 3. The lowest BCUT2D eigenvalue weighted by Crippen LogP contribution is -2.40. The quantitative estimate of drug-likeness (QED) is 0.548. The molecule has 2 aromatic rings. The molecule has 4 rings (SSSR count). The second-order valence-electron chi connectivity index (χ2n) is 8.49. The number of hydrogen-bond acceptors (Lipinski definition) is 3. The second-order valence-corrected chi connectivity index (χ2v) is 8.49. The van der Waals surface area contributed by atoms with E-state index < -0.39 is 11.6 Å². The fraction of sp³-hybridized carbons (Fsp3) is 0.375. The molecule has 162 valence electrons. The minimum atomic E-state index is -1.08. The molecule has 2 aliphatic rings. The summed E-state index contributed by atoms with van der Waals surface area (Å²) in [5, 5.41) is 10.6. The average Bonchev–Trinajstić information content (AvgIpc) is 3.06. The number of urea groups is 2. The van der Waals surface area contributed by atoms with Crippen molar-refractivity contribution in [1.82, 2.24) is 16.0 Å². The van der Waals surface area contributed by atoms with Crippen molar-refractivity contribution in [3.63, 3.8) is 0 Å². The maximum absolute atomic E-state index is 12.3. The Kier molecular flexibility index (Phi) is 5.93. The van der Waals surface area contributed by atoms with E-state index in [2.05, 4.69) is 33.4 Å². The van der Waals surface area contributed by atoms with Gasteiger partial charge in [-0.2, -0.15) is 0 Å². The van der Waals surface area contributed by atoms with Crippen LogP contribution >= 0.6 is 0 Å². The lowest BCUT2D eigenvalue weighted by molar-refractivity contribution is -0.123. The molecule has 4 N–H and O–H groups in total. The van der Waals surface area contributed by atoms with E-state index in [-0.39, 0.29) is 11.9 Å². The van der Waals surface area contributed by atoms with Crippen LogP contribution in [0.1, 0.15) is 61.6 Å². The van der Waals surface area contributed by atoms with Crippen LogP contribution in [0.15, 0.2) is 48.5 Å². The lowest BCUT2D eigenvalue weighted by Gasteiger charge is -2.22. The first kappa shape index (κ1) is 20.9. The first-order chi connectivity index (χ1) is 14.9. The van der Waals surface area contributed by atoms with Crippen molar-refractivity contribution in [3.8, 4) is 0 Å². The minimum Gasteiger partial charge on any atom is -0.334 e. The van der Waals surface area contributed by atoms with Crippen LogP contribution in [0, 0.1) is 0 Å². The summed E-state index contributed by atoms with van der Waals surface area (Å²) in [6, 6.07) is 14.6. The highest BCUT2D eigenvalue weighted by Gasteiger charge is 2.43. The summed E-state index contributed by atoms with van der Waals surface area (Å²) >= 11 is 0. The molecule has 1 saturated heterocycles. The van der Waals surface area contributed by atoms with Gasteiger partial charge in [0.2, 0.25) is 0 Å². The Labute approximate surface area is 182 Å². The molecule has 5 amide bonds. The molecule has 7 nitrogen and oxygen atoms in total. The van der Waals surface area contributed by atoms with Crippen LogP contribution in [-0.2, 0) is 16.9 Å². The van der Waals surface area contributed by atoms with Crippen molar-refractivity contribution in [2.75, 3.05) is 5.32 Å². The number of amides is 5. The van der Waals surface area contributed by atoms with Gasteiger partial charge in [0.25, 0.3) is 5.91 Å². The van der Waals surface area contributed by atoms with Crippen molar-refractivity contribution in [2.24, 2.45) is 0 Å². The van der Waals surface area contributed by atoms with E-state index >= 15 is 0 Å². The average molecular weight is 421 g/mol. The second kappa shape index (κ2) is 8.79. The Morgan fingerprint density at radius 3 is 2.29 bits per heavy atom. The Morgan fingerprint density at radius 1 is 1.00 bits per heavy atom. The molecule has 2 aromatic carbocycles. The van der Waals surface area contributed by atoms with Crippen LogP contribution in [0.5, 0.6) is 0 Å². The molecule has 1 saturated carbocycles. The van der Waals surface area contributed by atoms with Gasteiger partial charge in [0, 0.05) is 12.2 Å². The molecule has 1 aliphatic heterocycles. The third-order valence-electron chi connectivity index (χ3n) is 6.27. The van der Waals surface area contributed by atoms with Crippen LogP contribution in [0.4, 0.5) is 15.3 Å². The first-order valence-electron chi connectivity index (χ1n) is 10.8. The van der Waals surface area contributed by atoms with Gasteiger partial charge < -0.3 is 16.0 Å². The van der Waals surface area contributed by atoms with Crippen LogP contribution in [0.3, 0.4) is 0 Å². The van der Waals surface area contributed by atoms with E-state index in [4.69, 9.17) is 0 Å². The summed E-state index contributed by atoms with van der Waals surface area (Å²) in [6.07, 6.45) is 6.44. The zero-order valence-corrected chi connectivity index (χ0v) is 17.7. The summed E-state index contributed by atoms with van der Waals surface area (Å²) in [7, 11) is 0. The molecule has 0 spiro atoms. The van der Waals surface area contributed by atoms with Crippen LogP contribution in [-0.4, -0.2) is 18.0 Å². The molecule has 1 unspecified atom stereocenters. The van der Waals surface area contributed by atoms with Crippen molar-refractivity contribution < 1.29 is 14.4 Å². The highest BCUT2D eigenvalue weighted by Crippen LogP contribution is 2.33. The summed E-state index contributed by atoms with van der Waals surface area (Å²) in [6.45, 7) is 2.01. The van der Waals surface area contributed by atoms with Gasteiger partial charge in [-0.25, -0.2) is 9.59 Å². The van der Waals surface area contributed by atoms with Crippen molar-refractivity contribution in [1.29, 1.82) is 0 Å². The molecule has 0 aromatic heterocycles. The van der Waals surface area contributed by atoms with Crippen molar-refractivity contribution in [3.05, 3.63) is 65.2 Å². The number of rotatable bonds is 5. The molecular formula is C24H28N4O3. The fourth-order valence-corrected chi connectivity index (χ4v) is 4.33. The highest BCUT2D eigenvalue weighted by atomic mass is 16.2. The Bertz CT molecular complexity index is 965. The molecule has 2 fully saturated rings. The zero-order valence-electron chi connectivity index (χ0n) is 17.7. The van der Waals surface area contributed by atoms with E-state index in [0.29, 0.717) is 18.0 Å². The van der Waals surface area contributed by atoms with Crippen molar-refractivity contribution in [2.45, 2.75) is 57.0 Å². The topological polar surface area (TPSA) is 99.3 Å². The molecule has 1 heterocycles. The fourth-order valence-electron chi connectivity index (χ4n) is 4.33. The van der Waals surface area contributed by atoms with E-state index in [9.17, 15) is 14.4 Å². The number of anilines is 1. The molecule has 0 bridgehead atoms. The first-order valence-corrected chi connectivity index (χ1v) is 10.8. The minimum absolute atomic E-state index is 0.274. The normalized spacial score (nSPS) is 21.3. The van der Waals surface area contributed by atoms with E-state index in [0.717, 1.165) is 11.3 Å². The summed E-state index contributed by atoms with van der Waals surface area (Å²) in [5.74, 6) is 0.266. The smallest absolute Gasteiger partial charge is 0.322 e. The molecular weight excluding hydrogens is 392 g/mol. The molecule has 0 radical (unpaired) electrons. The van der Waals surface area contributed by atoms with Crippen LogP contribution < -0.4 is 21.3 Å². The van der Waals surface area contributed by atoms with Gasteiger partial charge in [0.05, 0.1) is 0 Å². The van der Waals surface area contributed by atoms with Crippen molar-refractivity contribution >= 4 is 23.7 Å². The van der Waals surface area contributed by atoms with Gasteiger partial charge in [-0.05, 0) is 54.5 Å². The largest absolute Gasteiger partial charge is 0.334 e. The SMILES string of the molecule is CC1(c2ccc(CNC(=O)Nc3ccc(C4CCCCC4)cc3)cc2)NC(=O)NC1=O. The summed E-state index contributed by atoms with van der Waals surface area (Å²) < 4.78 is 0. The highest BCUT2D eigenvalue weighted by molar-refractivity contribution is 6.07. The monoisotopic (exact) mass is 420 g/mol. The van der Waals surface area contributed by atoms with Crippen LogP contribution in [0.2, 0.25) is 0 Å². The predicted octanol–water partition coefficient (Wildman–Crippen LogP) is 4.11. The van der Waals surface area contributed by atoms with Gasteiger partial charge in [0.1, 0.15) is 5.54 Å². The third kappa shape index (κ3) is 4.71. The molecule has 1 aliphatic carbocycles. The molecule has 31 heavy (non-hydrogen) atoms. The lowest BCUT2D eigenvalue weighted by atomic mass is 9.84. The van der Waals surface area contributed by atoms with Gasteiger partial charge in [-0.3, -0.25) is 10.1 Å². The Hall–Kier alpha value is -3.35. The van der Waals surface area contributed by atoms with Gasteiger partial charge in [0.15, 0.2) is 0 Å². The Balaban J connectivity index is 1.29. The number of hydrogen-bond donors (Lipinski definition) is 4. The number of imide groups is 1. The maximum Gasteiger partial charge on any atom is 0.322 e. The van der Waals surface area contributed by atoms with Gasteiger partial charge in [-0.1, -0.05) is 55.7 Å². The van der Waals surface area contributed by atoms with Crippen LogP contribution in [0.25, 0.3) is 0 Å². The predicted molar refractivity (Wildman–Crippen MR) is 119 cm³/mol. The zero-order chi connectivity index (χ0) is 21.8. The third-order valence-corrected chi connectivity index (χ3v) is 6.27. The summed E-state index contributed by atoms with van der Waals surface area (Å²) in [4.78, 5) is 35.7. The van der Waals surface area contributed by atoms with E-state index in [1.54, 1.807) is 19.1 Å². The standard InChI is InChI=1S/C24H28N4O3/c1-24(21(29)27-23(31)28-24)19-11-7-16(8-12-19)15-25-22(30)26-20-13-9-18(10-14-20)17-5-3-2-4-6-17/h7-14,17H,2-6,15H2,1H3,(H2,25,26,30)(H2,27,28,29,31). The number of carbonyl (C=O) groups is 3. The van der Waals surface area contributed by atoms with Gasteiger partial charge >= 0.3 is 12.1 Å². The Morgan fingerprint density at radius 2 is 1.68 bits per heavy atom. The molecule has 7 heteroatoms. The summed E-state index contributed by atoms with van der Waals surface area (Å²) in [5.41, 5.74) is 2.61. The van der Waals surface area contributed by atoms with E-state index in [1.807, 2.05) is 24.3 Å². The molecule has 1 atom stereocenters. The maximum atomic E-state index is 12.3.